The number of hydrogen-bond donors (Lipinski definition) is 0. The highest BCUT2D eigenvalue weighted by Gasteiger charge is 2.41. The van der Waals surface area contributed by atoms with Crippen LogP contribution in [0.5, 0.6) is 0 Å². The molecule has 1 fully saturated rings. The van der Waals surface area contributed by atoms with Crippen LogP contribution in [-0.2, 0) is 20.9 Å². The maximum Gasteiger partial charge on any atom is 0.277 e. The molecule has 0 spiro atoms. The Labute approximate surface area is 196 Å². The maximum atomic E-state index is 13.6. The summed E-state index contributed by atoms with van der Waals surface area (Å²) in [4.78, 5) is 32.8. The van der Waals surface area contributed by atoms with Gasteiger partial charge in [0.15, 0.2) is 0 Å². The van der Waals surface area contributed by atoms with E-state index in [-0.39, 0.29) is 11.8 Å². The Bertz CT molecular complexity index is 1040. The van der Waals surface area contributed by atoms with Crippen LogP contribution in [0.1, 0.15) is 28.7 Å². The first-order chi connectivity index (χ1) is 16.0. The lowest BCUT2D eigenvalue weighted by atomic mass is 9.97. The standard InChI is InChI=1S/C27H33N3O3/c1-20-10-11-23(21(2)18-20)24-25(28(3)19-22-8-5-4-6-9-22)27(32)30(26(24)31)13-7-12-29-14-16-33-17-15-29/h4-6,8-11,18H,7,12-17,19H2,1-3H3. The Morgan fingerprint density at radius 2 is 1.67 bits per heavy atom. The molecule has 4 rings (SSSR count). The Hall–Kier alpha value is -2.96. The number of rotatable bonds is 8. The minimum atomic E-state index is -0.199. The normalized spacial score (nSPS) is 17.2. The van der Waals surface area contributed by atoms with Crippen molar-refractivity contribution in [2.45, 2.75) is 26.8 Å². The summed E-state index contributed by atoms with van der Waals surface area (Å²) in [5, 5.41) is 0. The van der Waals surface area contributed by atoms with Crippen LogP contribution in [0.25, 0.3) is 5.57 Å². The number of carbonyl (C=O) groups is 2. The number of ether oxygens (including phenoxy) is 1. The van der Waals surface area contributed by atoms with Crippen LogP contribution in [0.4, 0.5) is 0 Å². The molecule has 0 unspecified atom stereocenters. The highest BCUT2D eigenvalue weighted by atomic mass is 16.5. The minimum Gasteiger partial charge on any atom is -0.379 e. The van der Waals surface area contributed by atoms with Crippen molar-refractivity contribution in [1.29, 1.82) is 0 Å². The van der Waals surface area contributed by atoms with Gasteiger partial charge in [0.1, 0.15) is 5.70 Å². The first-order valence-electron chi connectivity index (χ1n) is 11.7. The van der Waals surface area contributed by atoms with Crippen molar-refractivity contribution in [2.24, 2.45) is 0 Å². The average Bonchev–Trinajstić information content (AvgIpc) is 3.05. The van der Waals surface area contributed by atoms with Crippen molar-refractivity contribution in [3.05, 3.63) is 76.5 Å². The molecule has 174 valence electrons. The molecule has 0 bridgehead atoms. The first-order valence-corrected chi connectivity index (χ1v) is 11.7. The van der Waals surface area contributed by atoms with Crippen molar-refractivity contribution in [3.8, 4) is 0 Å². The van der Waals surface area contributed by atoms with Gasteiger partial charge >= 0.3 is 0 Å². The van der Waals surface area contributed by atoms with Gasteiger partial charge in [0.2, 0.25) is 0 Å². The summed E-state index contributed by atoms with van der Waals surface area (Å²) in [6.07, 6.45) is 0.757. The van der Waals surface area contributed by atoms with Gasteiger partial charge in [-0.2, -0.15) is 0 Å². The summed E-state index contributed by atoms with van der Waals surface area (Å²) >= 11 is 0. The lowest BCUT2D eigenvalue weighted by molar-refractivity contribution is -0.137. The highest BCUT2D eigenvalue weighted by molar-refractivity contribution is 6.35. The molecule has 2 aliphatic heterocycles. The molecule has 1 saturated heterocycles. The molecule has 2 aromatic carbocycles. The number of hydrogen-bond acceptors (Lipinski definition) is 5. The van der Waals surface area contributed by atoms with E-state index in [1.165, 1.54) is 4.90 Å². The van der Waals surface area contributed by atoms with Gasteiger partial charge in [0.25, 0.3) is 11.8 Å². The van der Waals surface area contributed by atoms with Crippen LogP contribution in [0, 0.1) is 13.8 Å². The third kappa shape index (κ3) is 5.18. The molecule has 6 heteroatoms. The molecule has 2 heterocycles. The van der Waals surface area contributed by atoms with Gasteiger partial charge in [-0.05, 0) is 37.0 Å². The Morgan fingerprint density at radius 1 is 0.939 bits per heavy atom. The minimum absolute atomic E-state index is 0.191. The van der Waals surface area contributed by atoms with E-state index in [4.69, 9.17) is 4.74 Å². The van der Waals surface area contributed by atoms with E-state index >= 15 is 0 Å². The van der Waals surface area contributed by atoms with Gasteiger partial charge < -0.3 is 9.64 Å². The van der Waals surface area contributed by atoms with Gasteiger partial charge in [-0.3, -0.25) is 19.4 Å². The number of benzene rings is 2. The van der Waals surface area contributed by atoms with E-state index in [1.54, 1.807) is 0 Å². The van der Waals surface area contributed by atoms with Gasteiger partial charge in [0, 0.05) is 39.8 Å². The predicted octanol–water partition coefficient (Wildman–Crippen LogP) is 3.24. The third-order valence-corrected chi connectivity index (χ3v) is 6.40. The van der Waals surface area contributed by atoms with Gasteiger partial charge in [-0.25, -0.2) is 0 Å². The van der Waals surface area contributed by atoms with E-state index in [0.29, 0.717) is 24.4 Å². The zero-order valence-electron chi connectivity index (χ0n) is 19.8. The summed E-state index contributed by atoms with van der Waals surface area (Å²) in [5.41, 5.74) is 5.08. The number of imide groups is 1. The van der Waals surface area contributed by atoms with Gasteiger partial charge in [0.05, 0.1) is 18.8 Å². The number of aryl methyl sites for hydroxylation is 2. The van der Waals surface area contributed by atoms with Crippen LogP contribution in [0.3, 0.4) is 0 Å². The monoisotopic (exact) mass is 447 g/mol. The molecule has 33 heavy (non-hydrogen) atoms. The summed E-state index contributed by atoms with van der Waals surface area (Å²) < 4.78 is 5.41. The van der Waals surface area contributed by atoms with Crippen molar-refractivity contribution in [1.82, 2.24) is 14.7 Å². The Morgan fingerprint density at radius 3 is 2.36 bits per heavy atom. The van der Waals surface area contributed by atoms with Crippen molar-refractivity contribution in [2.75, 3.05) is 46.4 Å². The topological polar surface area (TPSA) is 53.1 Å². The zero-order chi connectivity index (χ0) is 23.4. The fourth-order valence-corrected chi connectivity index (χ4v) is 4.67. The average molecular weight is 448 g/mol. The first kappa shape index (κ1) is 23.2. The molecule has 0 atom stereocenters. The second kappa shape index (κ2) is 10.3. The van der Waals surface area contributed by atoms with E-state index in [0.717, 1.165) is 61.5 Å². The number of nitrogens with zero attached hydrogens (tertiary/aromatic N) is 3. The zero-order valence-corrected chi connectivity index (χ0v) is 19.8. The number of carbonyl (C=O) groups excluding carboxylic acids is 2. The third-order valence-electron chi connectivity index (χ3n) is 6.40. The van der Waals surface area contributed by atoms with Crippen molar-refractivity contribution in [3.63, 3.8) is 0 Å². The number of morpholine rings is 1. The molecular formula is C27H33N3O3. The van der Waals surface area contributed by atoms with Crippen LogP contribution in [-0.4, -0.2) is 73.0 Å². The highest BCUT2D eigenvalue weighted by Crippen LogP contribution is 2.33. The Kier molecular flexibility index (Phi) is 7.26. The smallest absolute Gasteiger partial charge is 0.277 e. The second-order valence-corrected chi connectivity index (χ2v) is 8.95. The molecule has 0 aliphatic carbocycles. The van der Waals surface area contributed by atoms with Gasteiger partial charge in [-0.15, -0.1) is 0 Å². The molecule has 0 radical (unpaired) electrons. The van der Waals surface area contributed by atoms with E-state index in [2.05, 4.69) is 11.0 Å². The van der Waals surface area contributed by atoms with Crippen molar-refractivity contribution < 1.29 is 14.3 Å². The predicted molar refractivity (Wildman–Crippen MR) is 129 cm³/mol. The maximum absolute atomic E-state index is 13.6. The molecular weight excluding hydrogens is 414 g/mol. The molecule has 6 nitrogen and oxygen atoms in total. The summed E-state index contributed by atoms with van der Waals surface area (Å²) in [6, 6.07) is 16.1. The van der Waals surface area contributed by atoms with Gasteiger partial charge in [-0.1, -0.05) is 54.1 Å². The quantitative estimate of drug-likeness (QED) is 0.582. The lowest BCUT2D eigenvalue weighted by Crippen LogP contribution is -2.39. The summed E-state index contributed by atoms with van der Waals surface area (Å²) in [5.74, 6) is -0.390. The molecule has 0 saturated carbocycles. The Balaban J connectivity index is 1.59. The van der Waals surface area contributed by atoms with E-state index < -0.39 is 0 Å². The van der Waals surface area contributed by atoms with Crippen molar-refractivity contribution >= 4 is 17.4 Å². The van der Waals surface area contributed by atoms with E-state index in [1.807, 2.05) is 68.3 Å². The number of amides is 2. The summed E-state index contributed by atoms with van der Waals surface area (Å²) in [6.45, 7) is 9.17. The fourth-order valence-electron chi connectivity index (χ4n) is 4.67. The van der Waals surface area contributed by atoms with Crippen LogP contribution < -0.4 is 0 Å². The molecule has 2 amide bonds. The molecule has 2 aromatic rings. The lowest BCUT2D eigenvalue weighted by Gasteiger charge is -2.27. The van der Waals surface area contributed by atoms with Crippen LogP contribution >= 0.6 is 0 Å². The molecule has 2 aliphatic rings. The second-order valence-electron chi connectivity index (χ2n) is 8.95. The SMILES string of the molecule is Cc1ccc(C2=C(N(C)Cc3ccccc3)C(=O)N(CCCN3CCOCC3)C2=O)c(C)c1. The fraction of sp³-hybridized carbons (Fsp3) is 0.407. The molecule has 0 aromatic heterocycles. The largest absolute Gasteiger partial charge is 0.379 e. The van der Waals surface area contributed by atoms with Crippen LogP contribution in [0.2, 0.25) is 0 Å². The summed E-state index contributed by atoms with van der Waals surface area (Å²) in [7, 11) is 1.90. The van der Waals surface area contributed by atoms with E-state index in [9.17, 15) is 9.59 Å². The number of likely N-dealkylation sites (N-methyl/N-ethyl adjacent to an activating group) is 1. The van der Waals surface area contributed by atoms with Crippen LogP contribution in [0.15, 0.2) is 54.2 Å². The molecule has 0 N–H and O–H groups in total.